The molecule has 0 saturated heterocycles. The fourth-order valence-corrected chi connectivity index (χ4v) is 2.31. The van der Waals surface area contributed by atoms with Crippen molar-refractivity contribution in [3.8, 4) is 6.07 Å². The molecule has 0 atom stereocenters. The van der Waals surface area contributed by atoms with Crippen LogP contribution >= 0.6 is 0 Å². The summed E-state index contributed by atoms with van der Waals surface area (Å²) in [6.07, 6.45) is 0. The Kier molecular flexibility index (Phi) is 3.02. The number of nitriles is 1. The van der Waals surface area contributed by atoms with Gasteiger partial charge in [0.1, 0.15) is 0 Å². The molecule has 0 unspecified atom stereocenters. The number of hydrogen-bond donors (Lipinski definition) is 0. The molecule has 2 nitrogen and oxygen atoms in total. The van der Waals surface area contributed by atoms with Gasteiger partial charge in [0.05, 0.1) is 11.6 Å². The van der Waals surface area contributed by atoms with E-state index in [1.54, 1.807) is 24.3 Å². The number of benzene rings is 3. The number of ketones is 1. The minimum absolute atomic E-state index is 0.0566. The molecule has 20 heavy (non-hydrogen) atoms. The summed E-state index contributed by atoms with van der Waals surface area (Å²) in [5, 5.41) is 10.9. The maximum Gasteiger partial charge on any atom is 0.193 e. The highest BCUT2D eigenvalue weighted by Gasteiger charge is 2.13. The first-order chi connectivity index (χ1) is 9.79. The normalized spacial score (nSPS) is 10.2. The van der Waals surface area contributed by atoms with Crippen LogP contribution in [0.1, 0.15) is 21.5 Å². The number of carbonyl (C=O) groups is 1. The summed E-state index contributed by atoms with van der Waals surface area (Å²) in [5.74, 6) is -0.0566. The van der Waals surface area contributed by atoms with E-state index < -0.39 is 0 Å². The monoisotopic (exact) mass is 257 g/mol. The molecule has 0 bridgehead atoms. The zero-order chi connectivity index (χ0) is 13.9. The second kappa shape index (κ2) is 4.99. The Labute approximate surface area is 116 Å². The lowest BCUT2D eigenvalue weighted by atomic mass is 9.95. The van der Waals surface area contributed by atoms with Crippen molar-refractivity contribution in [1.82, 2.24) is 0 Å². The predicted octanol–water partition coefficient (Wildman–Crippen LogP) is 3.94. The summed E-state index contributed by atoms with van der Waals surface area (Å²) in [6.45, 7) is 0. The van der Waals surface area contributed by atoms with Crippen LogP contribution in [0.3, 0.4) is 0 Å². The molecule has 0 aliphatic heterocycles. The zero-order valence-electron chi connectivity index (χ0n) is 10.7. The molecule has 0 aliphatic rings. The molecule has 3 aromatic carbocycles. The van der Waals surface area contributed by atoms with Crippen LogP contribution in [0.2, 0.25) is 0 Å². The van der Waals surface area contributed by atoms with Crippen LogP contribution in [-0.4, -0.2) is 5.78 Å². The third-order valence-corrected chi connectivity index (χ3v) is 3.27. The quantitative estimate of drug-likeness (QED) is 0.652. The third kappa shape index (κ3) is 2.06. The molecular weight excluding hydrogens is 246 g/mol. The van der Waals surface area contributed by atoms with E-state index in [0.29, 0.717) is 16.7 Å². The van der Waals surface area contributed by atoms with Gasteiger partial charge in [0.25, 0.3) is 0 Å². The van der Waals surface area contributed by atoms with Crippen molar-refractivity contribution in [2.24, 2.45) is 0 Å². The number of fused-ring (bicyclic) bond motifs is 1. The number of rotatable bonds is 2. The molecule has 0 heterocycles. The van der Waals surface area contributed by atoms with Crippen molar-refractivity contribution < 1.29 is 4.79 Å². The molecule has 0 spiro atoms. The standard InChI is InChI=1S/C18H11NO/c19-12-13-10-15-8-4-5-9-16(15)17(11-13)18(20)14-6-2-1-3-7-14/h1-11H. The van der Waals surface area contributed by atoms with Crippen molar-refractivity contribution in [1.29, 1.82) is 5.26 Å². The largest absolute Gasteiger partial charge is 0.289 e. The maximum atomic E-state index is 12.6. The van der Waals surface area contributed by atoms with Gasteiger partial charge in [-0.2, -0.15) is 5.26 Å². The van der Waals surface area contributed by atoms with Crippen LogP contribution in [-0.2, 0) is 0 Å². The molecular formula is C18H11NO. The number of nitrogens with zero attached hydrogens (tertiary/aromatic N) is 1. The molecule has 3 aromatic rings. The van der Waals surface area contributed by atoms with Gasteiger partial charge in [0.2, 0.25) is 0 Å². The van der Waals surface area contributed by atoms with Crippen LogP contribution in [0.4, 0.5) is 0 Å². The first-order valence-electron chi connectivity index (χ1n) is 6.32. The van der Waals surface area contributed by atoms with Gasteiger partial charge in [-0.15, -0.1) is 0 Å². The Morgan fingerprint density at radius 2 is 1.60 bits per heavy atom. The second-order valence-electron chi connectivity index (χ2n) is 4.55. The Morgan fingerprint density at radius 1 is 0.900 bits per heavy atom. The molecule has 0 aliphatic carbocycles. The third-order valence-electron chi connectivity index (χ3n) is 3.27. The van der Waals surface area contributed by atoms with E-state index in [1.807, 2.05) is 42.5 Å². The SMILES string of the molecule is N#Cc1cc(C(=O)c2ccccc2)c2ccccc2c1. The molecule has 3 rings (SSSR count). The fraction of sp³-hybridized carbons (Fsp3) is 0. The first-order valence-corrected chi connectivity index (χ1v) is 6.32. The summed E-state index contributed by atoms with van der Waals surface area (Å²) in [7, 11) is 0. The van der Waals surface area contributed by atoms with Crippen molar-refractivity contribution in [3.05, 3.63) is 83.4 Å². The van der Waals surface area contributed by atoms with Gasteiger partial charge in [0.15, 0.2) is 5.78 Å². The Hall–Kier alpha value is -2.92. The summed E-state index contributed by atoms with van der Waals surface area (Å²) < 4.78 is 0. The van der Waals surface area contributed by atoms with Crippen LogP contribution in [0.5, 0.6) is 0 Å². The summed E-state index contributed by atoms with van der Waals surface area (Å²) in [4.78, 5) is 12.6. The molecule has 0 saturated carbocycles. The van der Waals surface area contributed by atoms with E-state index >= 15 is 0 Å². The van der Waals surface area contributed by atoms with Crippen LogP contribution < -0.4 is 0 Å². The summed E-state index contributed by atoms with van der Waals surface area (Å²) in [6, 6.07) is 22.3. The van der Waals surface area contributed by atoms with Crippen molar-refractivity contribution >= 4 is 16.6 Å². The Bertz CT molecular complexity index is 829. The van der Waals surface area contributed by atoms with E-state index in [0.717, 1.165) is 10.8 Å². The molecule has 0 radical (unpaired) electrons. The summed E-state index contributed by atoms with van der Waals surface area (Å²) >= 11 is 0. The smallest absolute Gasteiger partial charge is 0.193 e. The van der Waals surface area contributed by atoms with E-state index in [4.69, 9.17) is 5.26 Å². The van der Waals surface area contributed by atoms with Gasteiger partial charge in [-0.25, -0.2) is 0 Å². The predicted molar refractivity (Wildman–Crippen MR) is 78.5 cm³/mol. The average molecular weight is 257 g/mol. The topological polar surface area (TPSA) is 40.9 Å². The van der Waals surface area contributed by atoms with Crippen molar-refractivity contribution in [3.63, 3.8) is 0 Å². The number of hydrogen-bond acceptors (Lipinski definition) is 2. The van der Waals surface area contributed by atoms with Gasteiger partial charge < -0.3 is 0 Å². The lowest BCUT2D eigenvalue weighted by molar-refractivity contribution is 0.104. The van der Waals surface area contributed by atoms with Crippen LogP contribution in [0.15, 0.2) is 66.7 Å². The van der Waals surface area contributed by atoms with Gasteiger partial charge >= 0.3 is 0 Å². The Balaban J connectivity index is 2.25. The number of carbonyl (C=O) groups excluding carboxylic acids is 1. The lowest BCUT2D eigenvalue weighted by Crippen LogP contribution is -2.02. The van der Waals surface area contributed by atoms with Crippen molar-refractivity contribution in [2.75, 3.05) is 0 Å². The highest BCUT2D eigenvalue weighted by molar-refractivity contribution is 6.16. The average Bonchev–Trinajstić information content (AvgIpc) is 2.54. The minimum Gasteiger partial charge on any atom is -0.289 e. The van der Waals surface area contributed by atoms with Gasteiger partial charge in [-0.3, -0.25) is 4.79 Å². The Morgan fingerprint density at radius 3 is 2.35 bits per heavy atom. The molecule has 0 N–H and O–H groups in total. The highest BCUT2D eigenvalue weighted by Crippen LogP contribution is 2.23. The van der Waals surface area contributed by atoms with E-state index in [2.05, 4.69) is 6.07 Å². The molecule has 0 fully saturated rings. The molecule has 0 amide bonds. The van der Waals surface area contributed by atoms with Gasteiger partial charge in [-0.1, -0.05) is 54.6 Å². The van der Waals surface area contributed by atoms with E-state index in [9.17, 15) is 4.79 Å². The first kappa shape index (κ1) is 12.1. The highest BCUT2D eigenvalue weighted by atomic mass is 16.1. The van der Waals surface area contributed by atoms with Crippen LogP contribution in [0, 0.1) is 11.3 Å². The maximum absolute atomic E-state index is 12.6. The summed E-state index contributed by atoms with van der Waals surface area (Å²) in [5.41, 5.74) is 1.71. The van der Waals surface area contributed by atoms with Gasteiger partial charge in [0, 0.05) is 11.1 Å². The van der Waals surface area contributed by atoms with Crippen LogP contribution in [0.25, 0.3) is 10.8 Å². The lowest BCUT2D eigenvalue weighted by Gasteiger charge is -2.07. The van der Waals surface area contributed by atoms with E-state index in [-0.39, 0.29) is 5.78 Å². The van der Waals surface area contributed by atoms with Gasteiger partial charge in [-0.05, 0) is 22.9 Å². The zero-order valence-corrected chi connectivity index (χ0v) is 10.7. The fourth-order valence-electron chi connectivity index (χ4n) is 2.31. The minimum atomic E-state index is -0.0566. The second-order valence-corrected chi connectivity index (χ2v) is 4.55. The molecule has 2 heteroatoms. The molecule has 0 aromatic heterocycles. The molecule has 94 valence electrons. The van der Waals surface area contributed by atoms with E-state index in [1.165, 1.54) is 0 Å². The van der Waals surface area contributed by atoms with Crippen molar-refractivity contribution in [2.45, 2.75) is 0 Å².